The van der Waals surface area contributed by atoms with Crippen LogP contribution < -0.4 is 11.1 Å². The number of anilines is 1. The van der Waals surface area contributed by atoms with E-state index in [0.29, 0.717) is 16.5 Å². The number of esters is 1. The smallest absolute Gasteiger partial charge is 0.350 e. The van der Waals surface area contributed by atoms with Crippen molar-refractivity contribution in [2.75, 3.05) is 12.3 Å². The van der Waals surface area contributed by atoms with Crippen LogP contribution in [-0.4, -0.2) is 24.5 Å². The summed E-state index contributed by atoms with van der Waals surface area (Å²) in [6.45, 7) is 5.63. The monoisotopic (exact) mass is 270 g/mol. The predicted molar refractivity (Wildman–Crippen MR) is 71.5 cm³/mol. The van der Waals surface area contributed by atoms with E-state index in [-0.39, 0.29) is 18.6 Å². The van der Waals surface area contributed by atoms with Crippen LogP contribution in [0.5, 0.6) is 0 Å². The van der Waals surface area contributed by atoms with Gasteiger partial charge in [-0.05, 0) is 24.3 Å². The lowest BCUT2D eigenvalue weighted by Crippen LogP contribution is -2.38. The van der Waals surface area contributed by atoms with E-state index in [4.69, 9.17) is 10.5 Å². The van der Waals surface area contributed by atoms with E-state index in [9.17, 15) is 9.59 Å². The highest BCUT2D eigenvalue weighted by atomic mass is 32.1. The molecule has 1 heterocycles. The summed E-state index contributed by atoms with van der Waals surface area (Å²) in [7, 11) is 0. The molecule has 100 valence electrons. The first-order valence-electron chi connectivity index (χ1n) is 5.71. The third kappa shape index (κ3) is 4.03. The van der Waals surface area contributed by atoms with E-state index in [0.717, 1.165) is 0 Å². The molecular weight excluding hydrogens is 252 g/mol. The molecule has 1 rings (SSSR count). The van der Waals surface area contributed by atoms with Crippen molar-refractivity contribution in [1.29, 1.82) is 0 Å². The summed E-state index contributed by atoms with van der Waals surface area (Å²) in [6, 6.07) is 1.67. The van der Waals surface area contributed by atoms with Gasteiger partial charge in [-0.15, -0.1) is 11.3 Å². The fourth-order valence-electron chi connectivity index (χ4n) is 1.14. The summed E-state index contributed by atoms with van der Waals surface area (Å²) in [6.07, 6.45) is 0. The largest absolute Gasteiger partial charge is 0.451 e. The average molecular weight is 270 g/mol. The number of rotatable bonds is 5. The Morgan fingerprint density at radius 2 is 2.11 bits per heavy atom. The zero-order valence-electron chi connectivity index (χ0n) is 10.7. The zero-order valence-corrected chi connectivity index (χ0v) is 11.5. The van der Waals surface area contributed by atoms with E-state index in [1.165, 1.54) is 11.3 Å². The molecule has 0 aromatic carbocycles. The van der Waals surface area contributed by atoms with Gasteiger partial charge in [0.25, 0.3) is 5.91 Å². The standard InChI is InChI=1S/C12H18N2O3S/c1-7(2)8(3)14-10(15)6-17-12(16)11-9(13)4-5-18-11/h4-5,7-8H,6,13H2,1-3H3,(H,14,15). The lowest BCUT2D eigenvalue weighted by Gasteiger charge is -2.17. The molecule has 0 bridgehead atoms. The number of carbonyl (C=O) groups excluding carboxylic acids is 2. The number of hydrogen-bond donors (Lipinski definition) is 2. The first-order chi connectivity index (χ1) is 8.41. The minimum atomic E-state index is -0.560. The first-order valence-corrected chi connectivity index (χ1v) is 6.59. The molecule has 5 nitrogen and oxygen atoms in total. The topological polar surface area (TPSA) is 81.4 Å². The van der Waals surface area contributed by atoms with Crippen molar-refractivity contribution in [2.45, 2.75) is 26.8 Å². The van der Waals surface area contributed by atoms with Crippen LogP contribution in [0.4, 0.5) is 5.69 Å². The summed E-state index contributed by atoms with van der Waals surface area (Å²) in [4.78, 5) is 23.4. The van der Waals surface area contributed by atoms with Crippen LogP contribution in [0.3, 0.4) is 0 Å². The summed E-state index contributed by atoms with van der Waals surface area (Å²) in [5.74, 6) is -0.535. The third-order valence-corrected chi connectivity index (χ3v) is 3.51. The highest BCUT2D eigenvalue weighted by Gasteiger charge is 2.16. The van der Waals surface area contributed by atoms with E-state index in [1.807, 2.05) is 20.8 Å². The van der Waals surface area contributed by atoms with Crippen LogP contribution in [0, 0.1) is 5.92 Å². The molecule has 0 radical (unpaired) electrons. The number of ether oxygens (including phenoxy) is 1. The van der Waals surface area contributed by atoms with Gasteiger partial charge in [0, 0.05) is 6.04 Å². The Labute approximate surface area is 110 Å². The molecule has 0 aliphatic carbocycles. The Morgan fingerprint density at radius 3 is 2.61 bits per heavy atom. The summed E-state index contributed by atoms with van der Waals surface area (Å²) in [5.41, 5.74) is 5.95. The van der Waals surface area contributed by atoms with Crippen molar-refractivity contribution < 1.29 is 14.3 Å². The second kappa shape index (κ2) is 6.39. The molecule has 0 saturated heterocycles. The predicted octanol–water partition coefficient (Wildman–Crippen LogP) is 1.65. The molecule has 18 heavy (non-hydrogen) atoms. The summed E-state index contributed by atoms with van der Waals surface area (Å²) in [5, 5.41) is 4.45. The van der Waals surface area contributed by atoms with Crippen molar-refractivity contribution in [1.82, 2.24) is 5.32 Å². The molecule has 3 N–H and O–H groups in total. The van der Waals surface area contributed by atoms with Gasteiger partial charge in [0.15, 0.2) is 6.61 Å². The van der Waals surface area contributed by atoms with Crippen LogP contribution in [-0.2, 0) is 9.53 Å². The van der Waals surface area contributed by atoms with Gasteiger partial charge in [-0.3, -0.25) is 4.79 Å². The van der Waals surface area contributed by atoms with Gasteiger partial charge in [-0.25, -0.2) is 4.79 Å². The number of nitrogens with one attached hydrogen (secondary N) is 1. The van der Waals surface area contributed by atoms with Gasteiger partial charge in [0.1, 0.15) is 4.88 Å². The Hall–Kier alpha value is -1.56. The summed E-state index contributed by atoms with van der Waals surface area (Å²) < 4.78 is 4.89. The lowest BCUT2D eigenvalue weighted by molar-refractivity contribution is -0.125. The number of nitrogen functional groups attached to an aromatic ring is 1. The number of hydrogen-bond acceptors (Lipinski definition) is 5. The van der Waals surface area contributed by atoms with Crippen molar-refractivity contribution in [3.05, 3.63) is 16.3 Å². The lowest BCUT2D eigenvalue weighted by atomic mass is 10.1. The Morgan fingerprint density at radius 1 is 1.44 bits per heavy atom. The Bertz CT molecular complexity index is 429. The third-order valence-electron chi connectivity index (χ3n) is 2.60. The molecule has 6 heteroatoms. The van der Waals surface area contributed by atoms with Gasteiger partial charge < -0.3 is 15.8 Å². The molecule has 1 aromatic heterocycles. The highest BCUT2D eigenvalue weighted by molar-refractivity contribution is 7.12. The summed E-state index contributed by atoms with van der Waals surface area (Å²) >= 11 is 1.20. The second-order valence-electron chi connectivity index (χ2n) is 4.38. The maximum absolute atomic E-state index is 11.6. The van der Waals surface area contributed by atoms with Gasteiger partial charge in [-0.2, -0.15) is 0 Å². The molecule has 0 fully saturated rings. The first kappa shape index (κ1) is 14.5. The van der Waals surface area contributed by atoms with Crippen LogP contribution >= 0.6 is 11.3 Å². The second-order valence-corrected chi connectivity index (χ2v) is 5.30. The molecule has 0 saturated carbocycles. The van der Waals surface area contributed by atoms with Crippen LogP contribution in [0.1, 0.15) is 30.4 Å². The van der Waals surface area contributed by atoms with Gasteiger partial charge in [-0.1, -0.05) is 13.8 Å². The van der Waals surface area contributed by atoms with E-state index < -0.39 is 5.97 Å². The molecule has 1 aromatic rings. The van der Waals surface area contributed by atoms with Crippen LogP contribution in [0.25, 0.3) is 0 Å². The van der Waals surface area contributed by atoms with Gasteiger partial charge in [0.2, 0.25) is 0 Å². The fraction of sp³-hybridized carbons (Fsp3) is 0.500. The minimum Gasteiger partial charge on any atom is -0.451 e. The number of nitrogens with two attached hydrogens (primary N) is 1. The van der Waals surface area contributed by atoms with Crippen molar-refractivity contribution in [3.8, 4) is 0 Å². The molecule has 0 spiro atoms. The van der Waals surface area contributed by atoms with Gasteiger partial charge >= 0.3 is 5.97 Å². The van der Waals surface area contributed by atoms with E-state index in [2.05, 4.69) is 5.32 Å². The fourth-order valence-corrected chi connectivity index (χ4v) is 1.85. The highest BCUT2D eigenvalue weighted by Crippen LogP contribution is 2.19. The minimum absolute atomic E-state index is 0.0445. The van der Waals surface area contributed by atoms with Crippen molar-refractivity contribution in [2.24, 2.45) is 5.92 Å². The van der Waals surface area contributed by atoms with Crippen molar-refractivity contribution >= 4 is 28.9 Å². The molecule has 0 aliphatic heterocycles. The quantitative estimate of drug-likeness (QED) is 0.797. The normalized spacial score (nSPS) is 12.2. The van der Waals surface area contributed by atoms with Crippen LogP contribution in [0.15, 0.2) is 11.4 Å². The molecule has 1 unspecified atom stereocenters. The number of amides is 1. The SMILES string of the molecule is CC(C)C(C)NC(=O)COC(=O)c1sccc1N. The van der Waals surface area contributed by atoms with Gasteiger partial charge in [0.05, 0.1) is 5.69 Å². The molecular formula is C12H18N2O3S. The molecule has 0 aliphatic rings. The van der Waals surface area contributed by atoms with Crippen molar-refractivity contribution in [3.63, 3.8) is 0 Å². The van der Waals surface area contributed by atoms with E-state index in [1.54, 1.807) is 11.4 Å². The average Bonchev–Trinajstić information content (AvgIpc) is 2.72. The Balaban J connectivity index is 2.40. The number of thiophene rings is 1. The maximum atomic E-state index is 11.6. The molecule has 1 atom stereocenters. The zero-order chi connectivity index (χ0) is 13.7. The Kier molecular flexibility index (Phi) is 5.15. The van der Waals surface area contributed by atoms with Crippen LogP contribution in [0.2, 0.25) is 0 Å². The number of carbonyl (C=O) groups is 2. The van der Waals surface area contributed by atoms with E-state index >= 15 is 0 Å². The maximum Gasteiger partial charge on any atom is 0.350 e. The molecule has 1 amide bonds.